The molecule has 2 aromatic rings. The predicted molar refractivity (Wildman–Crippen MR) is 78.0 cm³/mol. The summed E-state index contributed by atoms with van der Waals surface area (Å²) in [6.45, 7) is 1.95. The quantitative estimate of drug-likeness (QED) is 0.812. The Morgan fingerprint density at radius 1 is 1.21 bits per heavy atom. The van der Waals surface area contributed by atoms with Gasteiger partial charge in [0.25, 0.3) is 5.91 Å². The lowest BCUT2D eigenvalue weighted by Gasteiger charge is -2.18. The number of carbonyl (C=O) groups is 1. The number of rotatable bonds is 2. The van der Waals surface area contributed by atoms with Gasteiger partial charge in [-0.1, -0.05) is 12.1 Å². The largest absolute Gasteiger partial charge is 0.311 e. The van der Waals surface area contributed by atoms with E-state index in [1.165, 1.54) is 17.0 Å². The third-order valence-electron chi connectivity index (χ3n) is 2.86. The summed E-state index contributed by atoms with van der Waals surface area (Å²) in [6.07, 6.45) is 0. The fourth-order valence-electron chi connectivity index (χ4n) is 1.78. The molecule has 0 spiro atoms. The summed E-state index contributed by atoms with van der Waals surface area (Å²) < 4.78 is 13.9. The number of hydrogen-bond donors (Lipinski definition) is 0. The van der Waals surface area contributed by atoms with E-state index in [1.54, 1.807) is 25.2 Å². The van der Waals surface area contributed by atoms with Crippen LogP contribution in [0.15, 0.2) is 46.9 Å². The van der Waals surface area contributed by atoms with Crippen LogP contribution in [0.4, 0.5) is 10.1 Å². The first-order valence-electron chi connectivity index (χ1n) is 5.79. The van der Waals surface area contributed by atoms with Crippen molar-refractivity contribution in [3.63, 3.8) is 0 Å². The molecule has 0 saturated carbocycles. The van der Waals surface area contributed by atoms with Crippen LogP contribution >= 0.6 is 15.9 Å². The van der Waals surface area contributed by atoms with Gasteiger partial charge in [-0.05, 0) is 58.7 Å². The van der Waals surface area contributed by atoms with E-state index in [0.29, 0.717) is 11.3 Å². The zero-order chi connectivity index (χ0) is 14.0. The van der Waals surface area contributed by atoms with Crippen LogP contribution in [0.2, 0.25) is 0 Å². The topological polar surface area (TPSA) is 20.3 Å². The minimum Gasteiger partial charge on any atom is -0.311 e. The SMILES string of the molecule is Cc1ccc(C(=O)N(C)c2cccc(F)c2)c(Br)c1. The molecule has 0 saturated heterocycles. The Labute approximate surface area is 120 Å². The van der Waals surface area contributed by atoms with Crippen molar-refractivity contribution in [3.05, 3.63) is 63.9 Å². The molecule has 0 aliphatic carbocycles. The van der Waals surface area contributed by atoms with Crippen LogP contribution in [-0.4, -0.2) is 13.0 Å². The smallest absolute Gasteiger partial charge is 0.259 e. The van der Waals surface area contributed by atoms with Gasteiger partial charge >= 0.3 is 0 Å². The number of halogens is 2. The first-order valence-corrected chi connectivity index (χ1v) is 6.58. The molecule has 0 bridgehead atoms. The molecule has 2 rings (SSSR count). The maximum Gasteiger partial charge on any atom is 0.259 e. The highest BCUT2D eigenvalue weighted by atomic mass is 79.9. The highest BCUT2D eigenvalue weighted by Gasteiger charge is 2.16. The van der Waals surface area contributed by atoms with E-state index in [-0.39, 0.29) is 11.7 Å². The number of carbonyl (C=O) groups excluding carboxylic acids is 1. The Morgan fingerprint density at radius 2 is 1.95 bits per heavy atom. The minimum absolute atomic E-state index is 0.183. The van der Waals surface area contributed by atoms with Gasteiger partial charge in [0.1, 0.15) is 5.82 Å². The van der Waals surface area contributed by atoms with Crippen molar-refractivity contribution in [2.45, 2.75) is 6.92 Å². The normalized spacial score (nSPS) is 10.3. The van der Waals surface area contributed by atoms with Crippen LogP contribution in [0.25, 0.3) is 0 Å². The highest BCUT2D eigenvalue weighted by molar-refractivity contribution is 9.10. The lowest BCUT2D eigenvalue weighted by molar-refractivity contribution is 0.0992. The van der Waals surface area contributed by atoms with E-state index in [2.05, 4.69) is 15.9 Å². The standard InChI is InChI=1S/C15H13BrFNO/c1-10-6-7-13(14(16)8-10)15(19)18(2)12-5-3-4-11(17)9-12/h3-9H,1-2H3. The Balaban J connectivity index is 2.33. The first kappa shape index (κ1) is 13.7. The number of amides is 1. The van der Waals surface area contributed by atoms with Crippen molar-refractivity contribution in [2.24, 2.45) is 0 Å². The van der Waals surface area contributed by atoms with Gasteiger partial charge in [0, 0.05) is 17.2 Å². The van der Waals surface area contributed by atoms with Crippen molar-refractivity contribution in [1.82, 2.24) is 0 Å². The van der Waals surface area contributed by atoms with Crippen LogP contribution in [0, 0.1) is 12.7 Å². The summed E-state index contributed by atoms with van der Waals surface area (Å²) in [6, 6.07) is 11.5. The molecule has 4 heteroatoms. The van der Waals surface area contributed by atoms with E-state index < -0.39 is 0 Å². The molecule has 0 heterocycles. The van der Waals surface area contributed by atoms with Gasteiger partial charge in [-0.2, -0.15) is 0 Å². The maximum atomic E-state index is 13.2. The second-order valence-corrected chi connectivity index (χ2v) is 5.18. The van der Waals surface area contributed by atoms with Gasteiger partial charge in [-0.15, -0.1) is 0 Å². The Hall–Kier alpha value is -1.68. The molecule has 0 unspecified atom stereocenters. The summed E-state index contributed by atoms with van der Waals surface area (Å²) in [4.78, 5) is 13.8. The Bertz CT molecular complexity index is 627. The van der Waals surface area contributed by atoms with Gasteiger partial charge in [0.2, 0.25) is 0 Å². The van der Waals surface area contributed by atoms with Gasteiger partial charge in [0.05, 0.1) is 5.56 Å². The molecule has 19 heavy (non-hydrogen) atoms. The van der Waals surface area contributed by atoms with Crippen molar-refractivity contribution in [2.75, 3.05) is 11.9 Å². The van der Waals surface area contributed by atoms with Crippen molar-refractivity contribution < 1.29 is 9.18 Å². The number of anilines is 1. The monoisotopic (exact) mass is 321 g/mol. The summed E-state index contributed by atoms with van der Waals surface area (Å²) in [5, 5.41) is 0. The number of benzene rings is 2. The zero-order valence-corrected chi connectivity index (χ0v) is 12.2. The second kappa shape index (κ2) is 5.53. The number of nitrogens with zero attached hydrogens (tertiary/aromatic N) is 1. The molecule has 2 aromatic carbocycles. The van der Waals surface area contributed by atoms with Crippen LogP contribution < -0.4 is 4.90 Å². The lowest BCUT2D eigenvalue weighted by Crippen LogP contribution is -2.26. The zero-order valence-electron chi connectivity index (χ0n) is 10.7. The predicted octanol–water partition coefficient (Wildman–Crippen LogP) is 4.17. The van der Waals surface area contributed by atoms with E-state index in [9.17, 15) is 9.18 Å². The van der Waals surface area contributed by atoms with Crippen molar-refractivity contribution in [3.8, 4) is 0 Å². The van der Waals surface area contributed by atoms with E-state index in [0.717, 1.165) is 10.0 Å². The molecule has 0 radical (unpaired) electrons. The van der Waals surface area contributed by atoms with Crippen molar-refractivity contribution in [1.29, 1.82) is 0 Å². The molecule has 0 fully saturated rings. The van der Waals surface area contributed by atoms with E-state index >= 15 is 0 Å². The molecule has 0 aliphatic heterocycles. The van der Waals surface area contributed by atoms with Gasteiger partial charge in [-0.3, -0.25) is 4.79 Å². The third-order valence-corrected chi connectivity index (χ3v) is 3.51. The highest BCUT2D eigenvalue weighted by Crippen LogP contribution is 2.22. The maximum absolute atomic E-state index is 13.2. The molecule has 1 amide bonds. The van der Waals surface area contributed by atoms with Crippen molar-refractivity contribution >= 4 is 27.5 Å². The van der Waals surface area contributed by atoms with Crippen LogP contribution in [0.3, 0.4) is 0 Å². The number of hydrogen-bond acceptors (Lipinski definition) is 1. The second-order valence-electron chi connectivity index (χ2n) is 4.33. The lowest BCUT2D eigenvalue weighted by atomic mass is 10.1. The van der Waals surface area contributed by atoms with Gasteiger partial charge in [-0.25, -0.2) is 4.39 Å². The summed E-state index contributed by atoms with van der Waals surface area (Å²) in [5.41, 5.74) is 2.15. The molecule has 0 aromatic heterocycles. The van der Waals surface area contributed by atoms with E-state index in [4.69, 9.17) is 0 Å². The first-order chi connectivity index (χ1) is 8.99. The van der Waals surface area contributed by atoms with Crippen LogP contribution in [0.1, 0.15) is 15.9 Å². The van der Waals surface area contributed by atoms with Gasteiger partial charge in [0.15, 0.2) is 0 Å². The molecule has 0 N–H and O–H groups in total. The molecular formula is C15H13BrFNO. The third kappa shape index (κ3) is 3.01. The number of aryl methyl sites for hydroxylation is 1. The minimum atomic E-state index is -0.361. The summed E-state index contributed by atoms with van der Waals surface area (Å²) in [5.74, 6) is -0.544. The van der Waals surface area contributed by atoms with Gasteiger partial charge < -0.3 is 4.90 Å². The van der Waals surface area contributed by atoms with Crippen LogP contribution in [-0.2, 0) is 0 Å². The Kier molecular flexibility index (Phi) is 4.00. The fourth-order valence-corrected chi connectivity index (χ4v) is 2.44. The summed E-state index contributed by atoms with van der Waals surface area (Å²) in [7, 11) is 1.63. The summed E-state index contributed by atoms with van der Waals surface area (Å²) >= 11 is 3.38. The molecule has 2 nitrogen and oxygen atoms in total. The van der Waals surface area contributed by atoms with Crippen LogP contribution in [0.5, 0.6) is 0 Å². The molecule has 0 atom stereocenters. The van der Waals surface area contributed by atoms with E-state index in [1.807, 2.05) is 19.1 Å². The fraction of sp³-hybridized carbons (Fsp3) is 0.133. The molecule has 0 aliphatic rings. The molecular weight excluding hydrogens is 309 g/mol. The Morgan fingerprint density at radius 3 is 2.58 bits per heavy atom. The average Bonchev–Trinajstić information content (AvgIpc) is 2.37. The average molecular weight is 322 g/mol. The molecule has 98 valence electrons.